The molecule has 94 valence electrons. The standard InChI is InChI=1S/C13H17NO2.ClH/c1-9-5-6-10(13(15)16-2)8-11(9)12-4-3-7-14-12;/h5-6,8,12,14H,3-4,7H2,1-2H3;1H. The summed E-state index contributed by atoms with van der Waals surface area (Å²) >= 11 is 0. The molecule has 1 aromatic rings. The van der Waals surface area contributed by atoms with Gasteiger partial charge in [0.05, 0.1) is 12.7 Å². The van der Waals surface area contributed by atoms with Gasteiger partial charge in [0, 0.05) is 6.04 Å². The highest BCUT2D eigenvalue weighted by Gasteiger charge is 2.19. The van der Waals surface area contributed by atoms with Crippen LogP contribution in [0.4, 0.5) is 0 Å². The molecule has 1 fully saturated rings. The number of halogens is 1. The van der Waals surface area contributed by atoms with E-state index in [1.54, 1.807) is 0 Å². The van der Waals surface area contributed by atoms with Gasteiger partial charge in [-0.15, -0.1) is 12.4 Å². The van der Waals surface area contributed by atoms with E-state index in [0.717, 1.165) is 13.0 Å². The summed E-state index contributed by atoms with van der Waals surface area (Å²) in [4.78, 5) is 11.4. The van der Waals surface area contributed by atoms with Crippen LogP contribution in [0.2, 0.25) is 0 Å². The van der Waals surface area contributed by atoms with Crippen LogP contribution < -0.4 is 5.32 Å². The number of carbonyl (C=O) groups is 1. The maximum atomic E-state index is 11.4. The summed E-state index contributed by atoms with van der Waals surface area (Å²) in [6.07, 6.45) is 2.35. The number of ether oxygens (including phenoxy) is 1. The fourth-order valence-electron chi connectivity index (χ4n) is 2.21. The first kappa shape index (κ1) is 14.0. The van der Waals surface area contributed by atoms with Crippen molar-refractivity contribution < 1.29 is 9.53 Å². The maximum Gasteiger partial charge on any atom is 0.337 e. The molecule has 0 amide bonds. The molecule has 17 heavy (non-hydrogen) atoms. The van der Waals surface area contributed by atoms with Gasteiger partial charge in [0.15, 0.2) is 0 Å². The van der Waals surface area contributed by atoms with Gasteiger partial charge < -0.3 is 10.1 Å². The van der Waals surface area contributed by atoms with Crippen molar-refractivity contribution in [2.75, 3.05) is 13.7 Å². The zero-order valence-corrected chi connectivity index (χ0v) is 11.0. The van der Waals surface area contributed by atoms with Crippen LogP contribution >= 0.6 is 12.4 Å². The monoisotopic (exact) mass is 255 g/mol. The SMILES string of the molecule is COC(=O)c1ccc(C)c(C2CCCN2)c1.Cl. The molecule has 1 atom stereocenters. The smallest absolute Gasteiger partial charge is 0.337 e. The molecule has 0 saturated carbocycles. The number of benzene rings is 1. The van der Waals surface area contributed by atoms with Crippen LogP contribution in [-0.2, 0) is 4.74 Å². The minimum atomic E-state index is -0.265. The minimum Gasteiger partial charge on any atom is -0.465 e. The summed E-state index contributed by atoms with van der Waals surface area (Å²) < 4.78 is 4.73. The number of methoxy groups -OCH3 is 1. The fraction of sp³-hybridized carbons (Fsp3) is 0.462. The van der Waals surface area contributed by atoms with Crippen molar-refractivity contribution in [3.63, 3.8) is 0 Å². The summed E-state index contributed by atoms with van der Waals surface area (Å²) in [7, 11) is 1.41. The van der Waals surface area contributed by atoms with E-state index in [0.29, 0.717) is 11.6 Å². The Hall–Kier alpha value is -1.06. The van der Waals surface area contributed by atoms with E-state index in [-0.39, 0.29) is 18.4 Å². The Bertz CT molecular complexity index is 400. The lowest BCUT2D eigenvalue weighted by atomic mass is 9.97. The minimum absolute atomic E-state index is 0. The predicted octanol–water partition coefficient (Wildman–Crippen LogP) is 2.63. The molecule has 1 aliphatic heterocycles. The molecular formula is C13H18ClNO2. The Morgan fingerprint density at radius 3 is 2.82 bits per heavy atom. The average molecular weight is 256 g/mol. The van der Waals surface area contributed by atoms with Crippen LogP contribution in [0.5, 0.6) is 0 Å². The van der Waals surface area contributed by atoms with E-state index < -0.39 is 0 Å². The molecule has 1 N–H and O–H groups in total. The Kier molecular flexibility index (Phi) is 4.97. The molecule has 0 aromatic heterocycles. The lowest BCUT2D eigenvalue weighted by Gasteiger charge is -2.14. The van der Waals surface area contributed by atoms with Crippen molar-refractivity contribution in [1.29, 1.82) is 0 Å². The topological polar surface area (TPSA) is 38.3 Å². The number of rotatable bonds is 2. The molecule has 1 aliphatic rings. The molecule has 1 unspecified atom stereocenters. The van der Waals surface area contributed by atoms with Crippen LogP contribution in [-0.4, -0.2) is 19.6 Å². The van der Waals surface area contributed by atoms with Crippen LogP contribution in [0.15, 0.2) is 18.2 Å². The van der Waals surface area contributed by atoms with Gasteiger partial charge in [-0.25, -0.2) is 4.79 Å². The van der Waals surface area contributed by atoms with Gasteiger partial charge in [0.1, 0.15) is 0 Å². The first-order valence-corrected chi connectivity index (χ1v) is 5.64. The molecular weight excluding hydrogens is 238 g/mol. The van der Waals surface area contributed by atoms with Crippen molar-refractivity contribution in [2.24, 2.45) is 0 Å². The molecule has 0 radical (unpaired) electrons. The first-order valence-electron chi connectivity index (χ1n) is 5.64. The lowest BCUT2D eigenvalue weighted by molar-refractivity contribution is 0.0600. The second-order valence-corrected chi connectivity index (χ2v) is 4.21. The van der Waals surface area contributed by atoms with Crippen LogP contribution in [0.25, 0.3) is 0 Å². The molecule has 1 saturated heterocycles. The third kappa shape index (κ3) is 2.99. The van der Waals surface area contributed by atoms with E-state index in [1.165, 1.54) is 24.7 Å². The predicted molar refractivity (Wildman–Crippen MR) is 69.7 cm³/mol. The van der Waals surface area contributed by atoms with Crippen molar-refractivity contribution in [3.8, 4) is 0 Å². The highest BCUT2D eigenvalue weighted by Crippen LogP contribution is 2.26. The number of aryl methyl sites for hydroxylation is 1. The summed E-state index contributed by atoms with van der Waals surface area (Å²) in [6.45, 7) is 3.14. The van der Waals surface area contributed by atoms with Gasteiger partial charge in [-0.3, -0.25) is 0 Å². The summed E-state index contributed by atoms with van der Waals surface area (Å²) in [5.74, 6) is -0.265. The maximum absolute atomic E-state index is 11.4. The van der Waals surface area contributed by atoms with Gasteiger partial charge in [0.2, 0.25) is 0 Å². The summed E-state index contributed by atoms with van der Waals surface area (Å²) in [6, 6.07) is 6.15. The molecule has 3 nitrogen and oxygen atoms in total. The quantitative estimate of drug-likeness (QED) is 0.826. The molecule has 1 aromatic carbocycles. The van der Waals surface area contributed by atoms with Gasteiger partial charge in [-0.05, 0) is 49.6 Å². The van der Waals surface area contributed by atoms with Crippen molar-refractivity contribution in [2.45, 2.75) is 25.8 Å². The highest BCUT2D eigenvalue weighted by atomic mass is 35.5. The van der Waals surface area contributed by atoms with Crippen LogP contribution in [0.1, 0.15) is 40.4 Å². The first-order chi connectivity index (χ1) is 7.72. The highest BCUT2D eigenvalue weighted by molar-refractivity contribution is 5.89. The van der Waals surface area contributed by atoms with E-state index in [1.807, 2.05) is 18.2 Å². The van der Waals surface area contributed by atoms with E-state index >= 15 is 0 Å². The largest absolute Gasteiger partial charge is 0.465 e. The van der Waals surface area contributed by atoms with Crippen molar-refractivity contribution in [1.82, 2.24) is 5.32 Å². The summed E-state index contributed by atoms with van der Waals surface area (Å²) in [5.41, 5.74) is 3.09. The van der Waals surface area contributed by atoms with Crippen LogP contribution in [0, 0.1) is 6.92 Å². The number of carbonyl (C=O) groups excluding carboxylic acids is 1. The molecule has 2 rings (SSSR count). The van der Waals surface area contributed by atoms with Gasteiger partial charge in [-0.1, -0.05) is 6.07 Å². The number of esters is 1. The van der Waals surface area contributed by atoms with Gasteiger partial charge in [-0.2, -0.15) is 0 Å². The van der Waals surface area contributed by atoms with Crippen LogP contribution in [0.3, 0.4) is 0 Å². The summed E-state index contributed by atoms with van der Waals surface area (Å²) in [5, 5.41) is 3.45. The van der Waals surface area contributed by atoms with E-state index in [4.69, 9.17) is 4.74 Å². The van der Waals surface area contributed by atoms with Crippen molar-refractivity contribution in [3.05, 3.63) is 34.9 Å². The third-order valence-corrected chi connectivity index (χ3v) is 3.14. The van der Waals surface area contributed by atoms with E-state index in [2.05, 4.69) is 12.2 Å². The number of hydrogen-bond donors (Lipinski definition) is 1. The second-order valence-electron chi connectivity index (χ2n) is 4.21. The Morgan fingerprint density at radius 2 is 2.24 bits per heavy atom. The fourth-order valence-corrected chi connectivity index (χ4v) is 2.21. The average Bonchev–Trinajstić information content (AvgIpc) is 2.82. The Balaban J connectivity index is 0.00000144. The Labute approximate surface area is 108 Å². The zero-order chi connectivity index (χ0) is 11.5. The number of nitrogens with one attached hydrogen (secondary N) is 1. The van der Waals surface area contributed by atoms with E-state index in [9.17, 15) is 4.79 Å². The number of hydrogen-bond acceptors (Lipinski definition) is 3. The van der Waals surface area contributed by atoms with Crippen molar-refractivity contribution >= 4 is 18.4 Å². The molecule has 1 heterocycles. The molecule has 4 heteroatoms. The third-order valence-electron chi connectivity index (χ3n) is 3.14. The second kappa shape index (κ2) is 6.03. The molecule has 0 aliphatic carbocycles. The molecule has 0 bridgehead atoms. The Morgan fingerprint density at radius 1 is 1.47 bits per heavy atom. The lowest BCUT2D eigenvalue weighted by Crippen LogP contribution is -2.15. The van der Waals surface area contributed by atoms with Gasteiger partial charge in [0.25, 0.3) is 0 Å². The van der Waals surface area contributed by atoms with Gasteiger partial charge >= 0.3 is 5.97 Å². The normalized spacial score (nSPS) is 18.6. The molecule has 0 spiro atoms. The zero-order valence-electron chi connectivity index (χ0n) is 10.2.